The van der Waals surface area contributed by atoms with Gasteiger partial charge in [-0.3, -0.25) is 4.79 Å². The predicted molar refractivity (Wildman–Crippen MR) is 105 cm³/mol. The van der Waals surface area contributed by atoms with E-state index in [0.717, 1.165) is 31.9 Å². The number of anilines is 2. The van der Waals surface area contributed by atoms with E-state index in [-0.39, 0.29) is 5.91 Å². The van der Waals surface area contributed by atoms with Gasteiger partial charge in [-0.2, -0.15) is 5.10 Å². The van der Waals surface area contributed by atoms with Crippen LogP contribution in [0.15, 0.2) is 61.1 Å². The molecule has 0 bridgehead atoms. The molecule has 1 aliphatic rings. The fourth-order valence-electron chi connectivity index (χ4n) is 3.08. The van der Waals surface area contributed by atoms with Gasteiger partial charge in [0.25, 0.3) is 5.91 Å². The summed E-state index contributed by atoms with van der Waals surface area (Å²) in [6, 6.07) is 13.3. The zero-order valence-corrected chi connectivity index (χ0v) is 15.2. The van der Waals surface area contributed by atoms with Crippen molar-refractivity contribution < 1.29 is 4.79 Å². The molecule has 1 fully saturated rings. The molecule has 0 spiro atoms. The number of nitrogens with one attached hydrogen (secondary N) is 1. The van der Waals surface area contributed by atoms with Gasteiger partial charge in [0.15, 0.2) is 5.82 Å². The average Bonchev–Trinajstić information content (AvgIpc) is 3.24. The van der Waals surface area contributed by atoms with E-state index >= 15 is 0 Å². The Morgan fingerprint density at radius 3 is 2.44 bits per heavy atom. The Balaban J connectivity index is 1.39. The Bertz CT molecular complexity index is 881. The van der Waals surface area contributed by atoms with Crippen LogP contribution in [0.1, 0.15) is 10.4 Å². The summed E-state index contributed by atoms with van der Waals surface area (Å²) in [5, 5.41) is 7.05. The first-order valence-electron chi connectivity index (χ1n) is 9.00. The molecule has 0 saturated carbocycles. The van der Waals surface area contributed by atoms with Crippen LogP contribution in [0.2, 0.25) is 0 Å². The molecule has 0 radical (unpaired) electrons. The van der Waals surface area contributed by atoms with Crippen LogP contribution in [0.5, 0.6) is 0 Å². The average molecular weight is 362 g/mol. The molecule has 27 heavy (non-hydrogen) atoms. The largest absolute Gasteiger partial charge is 0.369 e. The van der Waals surface area contributed by atoms with E-state index in [1.54, 1.807) is 29.2 Å². The van der Waals surface area contributed by atoms with Gasteiger partial charge >= 0.3 is 0 Å². The number of hydrogen-bond acceptors (Lipinski definition) is 5. The number of amides is 1. The lowest BCUT2D eigenvalue weighted by atomic mass is 10.2. The predicted octanol–water partition coefficient (Wildman–Crippen LogP) is 2.27. The maximum atomic E-state index is 12.4. The Morgan fingerprint density at radius 2 is 1.81 bits per heavy atom. The SMILES string of the molecule is CN1CCN(c2ccc(NC(=O)c3ccc(-n4cccn4)nc3)cc2)CC1. The first kappa shape index (κ1) is 17.2. The quantitative estimate of drug-likeness (QED) is 0.771. The molecule has 4 rings (SSSR count). The standard InChI is InChI=1S/C20H22N6O/c1-24-11-13-25(14-12-24)18-6-4-17(5-7-18)23-20(27)16-3-8-19(21-15-16)26-10-2-9-22-26/h2-10,15H,11-14H2,1H3,(H,23,27). The Hall–Kier alpha value is -3.19. The fraction of sp³-hybridized carbons (Fsp3) is 0.250. The number of pyridine rings is 1. The number of benzene rings is 1. The number of likely N-dealkylation sites (N-methyl/N-ethyl adjacent to an activating group) is 1. The third-order valence-corrected chi connectivity index (χ3v) is 4.74. The molecule has 1 N–H and O–H groups in total. The van der Waals surface area contributed by atoms with E-state index in [2.05, 4.69) is 44.4 Å². The van der Waals surface area contributed by atoms with Crippen LogP contribution in [0.3, 0.4) is 0 Å². The van der Waals surface area contributed by atoms with Gasteiger partial charge in [-0.05, 0) is 49.5 Å². The summed E-state index contributed by atoms with van der Waals surface area (Å²) in [7, 11) is 2.15. The summed E-state index contributed by atoms with van der Waals surface area (Å²) < 4.78 is 1.65. The fourth-order valence-corrected chi connectivity index (χ4v) is 3.08. The lowest BCUT2D eigenvalue weighted by molar-refractivity contribution is 0.102. The lowest BCUT2D eigenvalue weighted by Crippen LogP contribution is -2.44. The first-order valence-corrected chi connectivity index (χ1v) is 9.00. The van der Waals surface area contributed by atoms with Gasteiger partial charge in [0.2, 0.25) is 0 Å². The van der Waals surface area contributed by atoms with Gasteiger partial charge in [-0.15, -0.1) is 0 Å². The highest BCUT2D eigenvalue weighted by Gasteiger charge is 2.14. The van der Waals surface area contributed by atoms with Crippen molar-refractivity contribution >= 4 is 17.3 Å². The van der Waals surface area contributed by atoms with Crippen LogP contribution in [0.4, 0.5) is 11.4 Å². The van der Waals surface area contributed by atoms with Crippen LogP contribution in [-0.2, 0) is 0 Å². The molecule has 1 amide bonds. The Labute approximate surface area is 158 Å². The monoisotopic (exact) mass is 362 g/mol. The van der Waals surface area contributed by atoms with Crippen molar-refractivity contribution in [3.63, 3.8) is 0 Å². The minimum Gasteiger partial charge on any atom is -0.369 e. The number of nitrogens with zero attached hydrogens (tertiary/aromatic N) is 5. The molecule has 3 heterocycles. The van der Waals surface area contributed by atoms with E-state index in [1.807, 2.05) is 24.4 Å². The first-order chi connectivity index (χ1) is 13.2. The van der Waals surface area contributed by atoms with Gasteiger partial charge < -0.3 is 15.1 Å². The molecule has 3 aromatic rings. The molecular formula is C20H22N6O. The summed E-state index contributed by atoms with van der Waals surface area (Å²) >= 11 is 0. The molecule has 0 aliphatic carbocycles. The second kappa shape index (κ2) is 7.59. The lowest BCUT2D eigenvalue weighted by Gasteiger charge is -2.34. The van der Waals surface area contributed by atoms with E-state index in [0.29, 0.717) is 11.4 Å². The number of hydrogen-bond donors (Lipinski definition) is 1. The maximum Gasteiger partial charge on any atom is 0.257 e. The number of rotatable bonds is 4. The van der Waals surface area contributed by atoms with Crippen molar-refractivity contribution in [3.05, 3.63) is 66.6 Å². The van der Waals surface area contributed by atoms with Crippen LogP contribution in [-0.4, -0.2) is 58.8 Å². The minimum absolute atomic E-state index is 0.179. The van der Waals surface area contributed by atoms with Crippen LogP contribution in [0, 0.1) is 0 Å². The van der Waals surface area contributed by atoms with Gasteiger partial charge in [0.1, 0.15) is 0 Å². The van der Waals surface area contributed by atoms with Gasteiger partial charge in [-0.1, -0.05) is 0 Å². The molecule has 1 aliphatic heterocycles. The highest BCUT2D eigenvalue weighted by molar-refractivity contribution is 6.04. The van der Waals surface area contributed by atoms with Gasteiger partial charge in [0, 0.05) is 56.1 Å². The minimum atomic E-state index is -0.179. The Kier molecular flexibility index (Phi) is 4.84. The molecule has 1 aromatic carbocycles. The van der Waals surface area contributed by atoms with Crippen LogP contribution in [0.25, 0.3) is 5.82 Å². The van der Waals surface area contributed by atoms with E-state index in [1.165, 1.54) is 5.69 Å². The zero-order valence-electron chi connectivity index (χ0n) is 15.2. The summed E-state index contributed by atoms with van der Waals surface area (Å²) in [4.78, 5) is 21.4. The van der Waals surface area contributed by atoms with E-state index in [4.69, 9.17) is 0 Å². The zero-order chi connectivity index (χ0) is 18.6. The molecule has 7 heteroatoms. The number of piperazine rings is 1. The molecule has 2 aromatic heterocycles. The van der Waals surface area contributed by atoms with Gasteiger partial charge in [0.05, 0.1) is 5.56 Å². The summed E-state index contributed by atoms with van der Waals surface area (Å²) in [6.45, 7) is 4.19. The van der Waals surface area contributed by atoms with Crippen molar-refractivity contribution in [2.24, 2.45) is 0 Å². The molecule has 1 saturated heterocycles. The molecule has 138 valence electrons. The van der Waals surface area contributed by atoms with Crippen molar-refractivity contribution in [2.75, 3.05) is 43.4 Å². The van der Waals surface area contributed by atoms with Crippen molar-refractivity contribution in [1.82, 2.24) is 19.7 Å². The molecule has 7 nitrogen and oxygen atoms in total. The number of carbonyl (C=O) groups is 1. The van der Waals surface area contributed by atoms with Crippen LogP contribution >= 0.6 is 0 Å². The van der Waals surface area contributed by atoms with Crippen molar-refractivity contribution in [1.29, 1.82) is 0 Å². The molecule has 0 atom stereocenters. The molecular weight excluding hydrogens is 340 g/mol. The van der Waals surface area contributed by atoms with E-state index < -0.39 is 0 Å². The van der Waals surface area contributed by atoms with Crippen molar-refractivity contribution in [3.8, 4) is 5.82 Å². The van der Waals surface area contributed by atoms with Crippen LogP contribution < -0.4 is 10.2 Å². The third-order valence-electron chi connectivity index (χ3n) is 4.74. The van der Waals surface area contributed by atoms with Crippen molar-refractivity contribution in [2.45, 2.75) is 0 Å². The van der Waals surface area contributed by atoms with E-state index in [9.17, 15) is 4.79 Å². The highest BCUT2D eigenvalue weighted by Crippen LogP contribution is 2.20. The Morgan fingerprint density at radius 1 is 1.04 bits per heavy atom. The second-order valence-corrected chi connectivity index (χ2v) is 6.65. The highest BCUT2D eigenvalue weighted by atomic mass is 16.1. The number of carbonyl (C=O) groups excluding carboxylic acids is 1. The normalized spacial score (nSPS) is 14.9. The third kappa shape index (κ3) is 3.98. The molecule has 0 unspecified atom stereocenters. The topological polar surface area (TPSA) is 66.3 Å². The number of aromatic nitrogens is 3. The summed E-state index contributed by atoms with van der Waals surface area (Å²) in [5.41, 5.74) is 2.47. The van der Waals surface area contributed by atoms with Gasteiger partial charge in [-0.25, -0.2) is 9.67 Å². The second-order valence-electron chi connectivity index (χ2n) is 6.65. The smallest absolute Gasteiger partial charge is 0.257 e. The maximum absolute atomic E-state index is 12.4. The summed E-state index contributed by atoms with van der Waals surface area (Å²) in [5.74, 6) is 0.495. The summed E-state index contributed by atoms with van der Waals surface area (Å²) in [6.07, 6.45) is 5.06.